The van der Waals surface area contributed by atoms with Gasteiger partial charge < -0.3 is 16.8 Å². The second-order valence-electron chi connectivity index (χ2n) is 7.12. The van der Waals surface area contributed by atoms with Crippen LogP contribution in [-0.4, -0.2) is 28.8 Å². The molecular formula is C20H28IN7. The smallest absolute Gasteiger partial charge is 0.188 e. The number of hydrogen-bond donors (Lipinski definition) is 3. The molecule has 0 bridgehead atoms. The molecule has 2 aromatic rings. The van der Waals surface area contributed by atoms with E-state index in [0.29, 0.717) is 41.9 Å². The topological polar surface area (TPSA) is 118 Å². The van der Waals surface area contributed by atoms with Crippen LogP contribution in [0.15, 0.2) is 29.3 Å². The quantitative estimate of drug-likeness (QED) is 0.237. The molecule has 0 radical (unpaired) electrons. The van der Waals surface area contributed by atoms with Gasteiger partial charge in [-0.05, 0) is 50.7 Å². The number of halogens is 1. The van der Waals surface area contributed by atoms with Crippen LogP contribution in [0, 0.1) is 24.2 Å². The lowest BCUT2D eigenvalue weighted by molar-refractivity contribution is 0.326. The van der Waals surface area contributed by atoms with Crippen molar-refractivity contribution in [3.63, 3.8) is 0 Å². The molecule has 7 nitrogen and oxygen atoms in total. The Morgan fingerprint density at radius 2 is 2.07 bits per heavy atom. The zero-order valence-electron chi connectivity index (χ0n) is 16.2. The lowest BCUT2D eigenvalue weighted by Gasteiger charge is -2.23. The lowest BCUT2D eigenvalue weighted by Crippen LogP contribution is -2.33. The maximum absolute atomic E-state index is 9.46. The zero-order valence-corrected chi connectivity index (χ0v) is 18.5. The van der Waals surface area contributed by atoms with Gasteiger partial charge in [0.05, 0.1) is 11.4 Å². The van der Waals surface area contributed by atoms with E-state index >= 15 is 0 Å². The van der Waals surface area contributed by atoms with Gasteiger partial charge in [0.2, 0.25) is 0 Å². The Hall–Kier alpha value is -2.28. The molecule has 3 rings (SSSR count). The van der Waals surface area contributed by atoms with Crippen molar-refractivity contribution in [3.05, 3.63) is 41.1 Å². The van der Waals surface area contributed by atoms with E-state index in [2.05, 4.69) is 21.5 Å². The molecule has 0 amide bonds. The summed E-state index contributed by atoms with van der Waals surface area (Å²) in [5, 5.41) is 17.1. The number of nitrogens with zero attached hydrogens (tertiary/aromatic N) is 4. The van der Waals surface area contributed by atoms with Gasteiger partial charge >= 0.3 is 0 Å². The Bertz CT molecular complexity index is 845. The van der Waals surface area contributed by atoms with Crippen LogP contribution >= 0.6 is 24.0 Å². The molecule has 1 fully saturated rings. The predicted octanol–water partition coefficient (Wildman–Crippen LogP) is 2.89. The van der Waals surface area contributed by atoms with E-state index in [1.165, 1.54) is 19.3 Å². The van der Waals surface area contributed by atoms with Crippen molar-refractivity contribution in [2.24, 2.45) is 16.6 Å². The SMILES string of the molecule is Cc1ccc(-n2nc(CCCNC(N)=NCC3CCC3)c(C#N)c2N)cc1.I. The molecule has 0 aliphatic heterocycles. The molecule has 0 atom stereocenters. The van der Waals surface area contributed by atoms with Crippen molar-refractivity contribution in [1.29, 1.82) is 5.26 Å². The van der Waals surface area contributed by atoms with Crippen LogP contribution in [0.1, 0.15) is 42.5 Å². The predicted molar refractivity (Wildman–Crippen MR) is 123 cm³/mol. The van der Waals surface area contributed by atoms with E-state index in [9.17, 15) is 5.26 Å². The first-order valence-corrected chi connectivity index (χ1v) is 9.46. The summed E-state index contributed by atoms with van der Waals surface area (Å²) in [6.45, 7) is 3.52. The van der Waals surface area contributed by atoms with Gasteiger partial charge in [-0.1, -0.05) is 24.1 Å². The second-order valence-corrected chi connectivity index (χ2v) is 7.12. The van der Waals surface area contributed by atoms with Crippen LogP contribution in [0.4, 0.5) is 5.82 Å². The van der Waals surface area contributed by atoms with Crippen molar-refractivity contribution >= 4 is 35.8 Å². The Balaban J connectivity index is 0.00000280. The normalized spacial score (nSPS) is 14.1. The first-order chi connectivity index (χ1) is 13.1. The van der Waals surface area contributed by atoms with Gasteiger partial charge in [-0.2, -0.15) is 10.4 Å². The van der Waals surface area contributed by atoms with Crippen molar-refractivity contribution in [3.8, 4) is 11.8 Å². The number of aliphatic imine (C=N–C) groups is 1. The third-order valence-corrected chi connectivity index (χ3v) is 5.03. The summed E-state index contributed by atoms with van der Waals surface area (Å²) in [6, 6.07) is 10.1. The summed E-state index contributed by atoms with van der Waals surface area (Å²) in [7, 11) is 0. The number of nitrogens with two attached hydrogens (primary N) is 2. The van der Waals surface area contributed by atoms with Crippen LogP contribution in [0.5, 0.6) is 0 Å². The summed E-state index contributed by atoms with van der Waals surface area (Å²) in [4.78, 5) is 4.38. The van der Waals surface area contributed by atoms with E-state index in [-0.39, 0.29) is 24.0 Å². The lowest BCUT2D eigenvalue weighted by atomic mass is 9.86. The number of guanidine groups is 1. The standard InChI is InChI=1S/C20H27N7.HI/c1-14-7-9-16(10-8-14)27-19(22)17(12-21)18(26-27)6-3-11-24-20(23)25-13-15-4-2-5-15;/h7-10,15H,2-6,11,13,22H2,1H3,(H3,23,24,25);1H. The van der Waals surface area contributed by atoms with Crippen molar-refractivity contribution in [2.45, 2.75) is 39.0 Å². The molecule has 1 saturated carbocycles. The Morgan fingerprint density at radius 1 is 1.36 bits per heavy atom. The number of rotatable bonds is 7. The molecule has 1 aromatic carbocycles. The van der Waals surface area contributed by atoms with Crippen LogP contribution in [-0.2, 0) is 6.42 Å². The van der Waals surface area contributed by atoms with Gasteiger partial charge in [-0.15, -0.1) is 24.0 Å². The molecule has 28 heavy (non-hydrogen) atoms. The minimum atomic E-state index is 0. The minimum absolute atomic E-state index is 0. The van der Waals surface area contributed by atoms with Crippen LogP contribution in [0.25, 0.3) is 5.69 Å². The molecule has 5 N–H and O–H groups in total. The number of benzene rings is 1. The van der Waals surface area contributed by atoms with Gasteiger partial charge in [-0.3, -0.25) is 4.99 Å². The summed E-state index contributed by atoms with van der Waals surface area (Å²) in [6.07, 6.45) is 5.28. The van der Waals surface area contributed by atoms with Gasteiger partial charge in [0, 0.05) is 13.1 Å². The van der Waals surface area contributed by atoms with Crippen LogP contribution in [0.3, 0.4) is 0 Å². The second kappa shape index (κ2) is 10.3. The third kappa shape index (κ3) is 5.38. The maximum atomic E-state index is 9.46. The van der Waals surface area contributed by atoms with E-state index < -0.39 is 0 Å². The summed E-state index contributed by atoms with van der Waals surface area (Å²) < 4.78 is 1.63. The van der Waals surface area contributed by atoms with Crippen molar-refractivity contribution in [2.75, 3.05) is 18.8 Å². The fraction of sp³-hybridized carbons (Fsp3) is 0.450. The Labute approximate surface area is 183 Å². The largest absolute Gasteiger partial charge is 0.382 e. The number of nitrogens with one attached hydrogen (secondary N) is 1. The first kappa shape index (κ1) is 22.0. The number of anilines is 1. The van der Waals surface area contributed by atoms with Gasteiger partial charge in [0.15, 0.2) is 5.96 Å². The molecule has 1 aliphatic rings. The van der Waals surface area contributed by atoms with Gasteiger partial charge in [0.1, 0.15) is 17.5 Å². The molecule has 1 aromatic heterocycles. The fourth-order valence-corrected chi connectivity index (χ4v) is 3.09. The molecular weight excluding hydrogens is 465 g/mol. The fourth-order valence-electron chi connectivity index (χ4n) is 3.09. The third-order valence-electron chi connectivity index (χ3n) is 5.03. The van der Waals surface area contributed by atoms with E-state index in [1.807, 2.05) is 31.2 Å². The molecule has 150 valence electrons. The molecule has 0 spiro atoms. The van der Waals surface area contributed by atoms with E-state index in [1.54, 1.807) is 4.68 Å². The number of aryl methyl sites for hydroxylation is 2. The number of nitriles is 1. The zero-order chi connectivity index (χ0) is 19.2. The molecule has 0 saturated heterocycles. The van der Waals surface area contributed by atoms with Crippen molar-refractivity contribution in [1.82, 2.24) is 15.1 Å². The highest BCUT2D eigenvalue weighted by Gasteiger charge is 2.17. The number of aromatic nitrogens is 2. The minimum Gasteiger partial charge on any atom is -0.382 e. The summed E-state index contributed by atoms with van der Waals surface area (Å²) in [5.41, 5.74) is 15.2. The monoisotopic (exact) mass is 493 g/mol. The average Bonchev–Trinajstić information content (AvgIpc) is 2.93. The number of nitrogen functional groups attached to an aromatic ring is 1. The Morgan fingerprint density at radius 3 is 2.68 bits per heavy atom. The van der Waals surface area contributed by atoms with Crippen LogP contribution in [0.2, 0.25) is 0 Å². The maximum Gasteiger partial charge on any atom is 0.188 e. The van der Waals surface area contributed by atoms with E-state index in [4.69, 9.17) is 11.5 Å². The molecule has 1 heterocycles. The highest BCUT2D eigenvalue weighted by molar-refractivity contribution is 14.0. The van der Waals surface area contributed by atoms with Crippen molar-refractivity contribution < 1.29 is 0 Å². The van der Waals surface area contributed by atoms with Crippen LogP contribution < -0.4 is 16.8 Å². The molecule has 0 unspecified atom stereocenters. The highest BCUT2D eigenvalue weighted by Crippen LogP contribution is 2.26. The molecule has 1 aliphatic carbocycles. The summed E-state index contributed by atoms with van der Waals surface area (Å²) >= 11 is 0. The average molecular weight is 493 g/mol. The summed E-state index contributed by atoms with van der Waals surface area (Å²) in [5.74, 6) is 1.58. The highest BCUT2D eigenvalue weighted by atomic mass is 127. The Kier molecular flexibility index (Phi) is 8.11. The van der Waals surface area contributed by atoms with Gasteiger partial charge in [0.25, 0.3) is 0 Å². The first-order valence-electron chi connectivity index (χ1n) is 9.46. The molecule has 8 heteroatoms. The number of hydrogen-bond acceptors (Lipinski definition) is 4. The van der Waals surface area contributed by atoms with Gasteiger partial charge in [-0.25, -0.2) is 4.68 Å². The van der Waals surface area contributed by atoms with E-state index in [0.717, 1.165) is 24.2 Å².